The van der Waals surface area contributed by atoms with Crippen molar-refractivity contribution >= 4 is 5.91 Å². The molecule has 0 unspecified atom stereocenters. The van der Waals surface area contributed by atoms with E-state index in [1.165, 1.54) is 24.8 Å². The molecule has 1 aliphatic rings. The summed E-state index contributed by atoms with van der Waals surface area (Å²) in [6.45, 7) is 5.31. The molecule has 1 saturated heterocycles. The predicted octanol–water partition coefficient (Wildman–Crippen LogP) is 0.979. The second kappa shape index (κ2) is 8.02. The minimum Gasteiger partial charge on any atom is -0.370 e. The molecule has 1 fully saturated rings. The fourth-order valence-corrected chi connectivity index (χ4v) is 2.38. The van der Waals surface area contributed by atoms with Crippen LogP contribution in [0, 0.1) is 0 Å². The summed E-state index contributed by atoms with van der Waals surface area (Å²) in [5.74, 6) is 0.00186. The average molecular weight is 277 g/mol. The second-order valence-corrected chi connectivity index (χ2v) is 5.32. The van der Waals surface area contributed by atoms with Crippen molar-refractivity contribution in [3.63, 3.8) is 0 Å². The molecule has 4 nitrogen and oxygen atoms in total. The summed E-state index contributed by atoms with van der Waals surface area (Å²) in [6, 6.07) is 7.99. The van der Waals surface area contributed by atoms with Crippen LogP contribution in [0.15, 0.2) is 24.3 Å². The van der Waals surface area contributed by atoms with Gasteiger partial charge in [-0.05, 0) is 30.5 Å². The van der Waals surface area contributed by atoms with E-state index in [1.807, 2.05) is 12.1 Å². The maximum atomic E-state index is 12.1. The highest BCUT2D eigenvalue weighted by Gasteiger charge is 2.17. The number of ether oxygens (including phenoxy) is 1. The van der Waals surface area contributed by atoms with Gasteiger partial charge < -0.3 is 4.74 Å². The van der Waals surface area contributed by atoms with Crippen LogP contribution in [0.4, 0.5) is 0 Å². The van der Waals surface area contributed by atoms with E-state index in [1.54, 1.807) is 0 Å². The normalized spacial score (nSPS) is 16.1. The number of unbranched alkanes of at least 4 members (excludes halogenated alkanes) is 2. The number of aryl methyl sites for hydroxylation is 1. The zero-order chi connectivity index (χ0) is 14.2. The molecule has 1 heterocycles. The SMILES string of the molecule is CCCCCc1ccc(C(=O)N[NH+]2CCOCC2)cc1. The van der Waals surface area contributed by atoms with E-state index in [0.717, 1.165) is 30.1 Å². The van der Waals surface area contributed by atoms with Gasteiger partial charge in [0.05, 0.1) is 13.2 Å². The average Bonchev–Trinajstić information content (AvgIpc) is 2.49. The Hall–Kier alpha value is -1.39. The molecule has 0 bridgehead atoms. The van der Waals surface area contributed by atoms with Gasteiger partial charge in [-0.25, -0.2) is 5.01 Å². The van der Waals surface area contributed by atoms with Gasteiger partial charge in [0.2, 0.25) is 0 Å². The number of carbonyl (C=O) groups excluding carboxylic acids is 1. The maximum absolute atomic E-state index is 12.1. The quantitative estimate of drug-likeness (QED) is 0.761. The Labute approximate surface area is 121 Å². The Bertz CT molecular complexity index is 411. The van der Waals surface area contributed by atoms with Crippen LogP contribution in [0.1, 0.15) is 42.1 Å². The van der Waals surface area contributed by atoms with E-state index in [4.69, 9.17) is 4.74 Å². The number of amides is 1. The lowest BCUT2D eigenvalue weighted by atomic mass is 10.1. The van der Waals surface area contributed by atoms with Gasteiger partial charge >= 0.3 is 0 Å². The molecule has 1 amide bonds. The third-order valence-corrected chi connectivity index (χ3v) is 3.67. The van der Waals surface area contributed by atoms with Gasteiger partial charge in [-0.3, -0.25) is 4.79 Å². The molecule has 1 aliphatic heterocycles. The van der Waals surface area contributed by atoms with Crippen molar-refractivity contribution in [1.29, 1.82) is 0 Å². The van der Waals surface area contributed by atoms with Gasteiger partial charge in [-0.1, -0.05) is 31.9 Å². The van der Waals surface area contributed by atoms with Gasteiger partial charge in [-0.15, -0.1) is 0 Å². The van der Waals surface area contributed by atoms with Crippen LogP contribution in [-0.2, 0) is 11.2 Å². The third-order valence-electron chi connectivity index (χ3n) is 3.67. The summed E-state index contributed by atoms with van der Waals surface area (Å²) >= 11 is 0. The number of carbonyl (C=O) groups is 1. The minimum absolute atomic E-state index is 0.00186. The fraction of sp³-hybridized carbons (Fsp3) is 0.562. The van der Waals surface area contributed by atoms with Gasteiger partial charge in [0, 0.05) is 5.56 Å². The molecule has 2 rings (SSSR count). The lowest BCUT2D eigenvalue weighted by molar-refractivity contribution is -0.942. The van der Waals surface area contributed by atoms with Crippen LogP contribution in [0.25, 0.3) is 0 Å². The van der Waals surface area contributed by atoms with E-state index in [0.29, 0.717) is 13.2 Å². The Morgan fingerprint density at radius 2 is 1.90 bits per heavy atom. The largest absolute Gasteiger partial charge is 0.370 e. The Morgan fingerprint density at radius 3 is 2.55 bits per heavy atom. The van der Waals surface area contributed by atoms with E-state index in [9.17, 15) is 4.79 Å². The van der Waals surface area contributed by atoms with Crippen LogP contribution in [0.2, 0.25) is 0 Å². The molecule has 0 aliphatic carbocycles. The van der Waals surface area contributed by atoms with Gasteiger partial charge in [-0.2, -0.15) is 5.43 Å². The lowest BCUT2D eigenvalue weighted by Crippen LogP contribution is -3.20. The molecule has 0 aromatic heterocycles. The number of hydrogen-bond acceptors (Lipinski definition) is 2. The smallest absolute Gasteiger partial charge is 0.295 e. The molecule has 1 aromatic rings. The first-order valence-electron chi connectivity index (χ1n) is 7.62. The number of rotatable bonds is 6. The van der Waals surface area contributed by atoms with E-state index in [2.05, 4.69) is 24.5 Å². The van der Waals surface area contributed by atoms with Gasteiger partial charge in [0.1, 0.15) is 13.1 Å². The predicted molar refractivity (Wildman–Crippen MR) is 78.7 cm³/mol. The highest BCUT2D eigenvalue weighted by molar-refractivity contribution is 5.93. The van der Waals surface area contributed by atoms with E-state index < -0.39 is 0 Å². The molecule has 2 N–H and O–H groups in total. The highest BCUT2D eigenvalue weighted by Crippen LogP contribution is 2.08. The molecule has 4 heteroatoms. The molecular weight excluding hydrogens is 252 g/mol. The number of morpholine rings is 1. The molecule has 20 heavy (non-hydrogen) atoms. The molecule has 0 atom stereocenters. The Balaban J connectivity index is 1.83. The standard InChI is InChI=1S/C16H24N2O2/c1-2-3-4-5-14-6-8-15(9-7-14)16(19)17-18-10-12-20-13-11-18/h6-9H,2-5,10-13H2,1H3,(H,17,19)/p+1. The lowest BCUT2D eigenvalue weighted by Gasteiger charge is -2.23. The number of benzene rings is 1. The summed E-state index contributed by atoms with van der Waals surface area (Å²) < 4.78 is 5.28. The summed E-state index contributed by atoms with van der Waals surface area (Å²) in [5.41, 5.74) is 5.06. The van der Waals surface area contributed by atoms with Crippen LogP contribution in [0.3, 0.4) is 0 Å². The van der Waals surface area contributed by atoms with Crippen LogP contribution >= 0.6 is 0 Å². The van der Waals surface area contributed by atoms with Crippen molar-refractivity contribution < 1.29 is 14.5 Å². The number of hydrogen-bond donors (Lipinski definition) is 2. The zero-order valence-corrected chi connectivity index (χ0v) is 12.3. The van der Waals surface area contributed by atoms with Crippen molar-refractivity contribution in [3.8, 4) is 0 Å². The molecule has 0 spiro atoms. The van der Waals surface area contributed by atoms with E-state index in [-0.39, 0.29) is 5.91 Å². The first-order valence-corrected chi connectivity index (χ1v) is 7.62. The topological polar surface area (TPSA) is 42.8 Å². The zero-order valence-electron chi connectivity index (χ0n) is 12.3. The maximum Gasteiger partial charge on any atom is 0.295 e. The summed E-state index contributed by atoms with van der Waals surface area (Å²) in [7, 11) is 0. The first-order chi connectivity index (χ1) is 9.79. The Kier molecular flexibility index (Phi) is 6.02. The van der Waals surface area contributed by atoms with Gasteiger partial charge in [0.25, 0.3) is 5.91 Å². The highest BCUT2D eigenvalue weighted by atomic mass is 16.5. The minimum atomic E-state index is 0.00186. The molecular formula is C16H25N2O2+. The summed E-state index contributed by atoms with van der Waals surface area (Å²) in [4.78, 5) is 12.1. The first kappa shape index (κ1) is 15.0. The Morgan fingerprint density at radius 1 is 1.20 bits per heavy atom. The van der Waals surface area contributed by atoms with Crippen molar-refractivity contribution in [1.82, 2.24) is 5.43 Å². The third kappa shape index (κ3) is 4.62. The van der Waals surface area contributed by atoms with Gasteiger partial charge in [0.15, 0.2) is 0 Å². The monoisotopic (exact) mass is 277 g/mol. The van der Waals surface area contributed by atoms with Crippen LogP contribution < -0.4 is 10.4 Å². The summed E-state index contributed by atoms with van der Waals surface area (Å²) in [5, 5.41) is 1.09. The molecule has 1 aromatic carbocycles. The number of quaternary nitrogens is 1. The fourth-order valence-electron chi connectivity index (χ4n) is 2.38. The van der Waals surface area contributed by atoms with Crippen LogP contribution in [-0.4, -0.2) is 32.2 Å². The van der Waals surface area contributed by atoms with Crippen molar-refractivity contribution in [2.75, 3.05) is 26.3 Å². The van der Waals surface area contributed by atoms with Crippen LogP contribution in [0.5, 0.6) is 0 Å². The van der Waals surface area contributed by atoms with Crippen molar-refractivity contribution in [2.45, 2.75) is 32.6 Å². The number of nitrogens with one attached hydrogen (secondary N) is 2. The molecule has 0 saturated carbocycles. The van der Waals surface area contributed by atoms with Crippen molar-refractivity contribution in [3.05, 3.63) is 35.4 Å². The second-order valence-electron chi connectivity index (χ2n) is 5.32. The molecule has 0 radical (unpaired) electrons. The molecule has 110 valence electrons. The van der Waals surface area contributed by atoms with Crippen molar-refractivity contribution in [2.24, 2.45) is 0 Å². The van der Waals surface area contributed by atoms with E-state index >= 15 is 0 Å². The summed E-state index contributed by atoms with van der Waals surface area (Å²) in [6.07, 6.45) is 4.83.